The number of hydrogen-bond acceptors (Lipinski definition) is 5. The van der Waals surface area contributed by atoms with Gasteiger partial charge in [0.05, 0.1) is 0 Å². The summed E-state index contributed by atoms with van der Waals surface area (Å²) in [5.74, 6) is 0.178. The molecule has 2 heterocycles. The average molecular weight is 366 g/mol. The van der Waals surface area contributed by atoms with Crippen molar-refractivity contribution in [2.75, 3.05) is 6.54 Å². The number of aromatic nitrogens is 3. The van der Waals surface area contributed by atoms with Crippen molar-refractivity contribution in [1.82, 2.24) is 19.7 Å². The van der Waals surface area contributed by atoms with Crippen LogP contribution >= 0.6 is 0 Å². The molecule has 0 amide bonds. The molecule has 24 heavy (non-hydrogen) atoms. The van der Waals surface area contributed by atoms with Gasteiger partial charge in [0.2, 0.25) is 10.0 Å². The van der Waals surface area contributed by atoms with Gasteiger partial charge in [-0.05, 0) is 33.3 Å². The summed E-state index contributed by atoms with van der Waals surface area (Å²) in [4.78, 5) is -0.0165. The summed E-state index contributed by atoms with van der Waals surface area (Å²) in [5, 5.41) is 7.06. The first-order chi connectivity index (χ1) is 11.0. The molecule has 2 rings (SSSR count). The minimum absolute atomic E-state index is 0.0165. The van der Waals surface area contributed by atoms with Gasteiger partial charge in [0.1, 0.15) is 10.6 Å². The topological polar surface area (TPSA) is 90.0 Å². The molecule has 11 heteroatoms. The second-order valence-electron chi connectivity index (χ2n) is 5.30. The van der Waals surface area contributed by atoms with Gasteiger partial charge in [0.15, 0.2) is 11.5 Å². The molecule has 0 fully saturated rings. The van der Waals surface area contributed by atoms with E-state index in [-0.39, 0.29) is 35.9 Å². The maximum atomic E-state index is 12.6. The van der Waals surface area contributed by atoms with Crippen molar-refractivity contribution in [1.29, 1.82) is 0 Å². The van der Waals surface area contributed by atoms with E-state index in [0.717, 1.165) is 6.07 Å². The number of sulfonamides is 1. The maximum Gasteiger partial charge on any atom is 0.435 e. The van der Waals surface area contributed by atoms with Crippen molar-refractivity contribution in [2.45, 2.75) is 44.8 Å². The summed E-state index contributed by atoms with van der Waals surface area (Å²) in [5.41, 5.74) is -0.357. The normalized spacial score (nSPS) is 12.8. The molecule has 0 saturated heterocycles. The zero-order valence-electron chi connectivity index (χ0n) is 13.3. The van der Waals surface area contributed by atoms with E-state index in [1.807, 2.05) is 0 Å². The molecular weight excluding hydrogens is 349 g/mol. The number of nitrogens with zero attached hydrogens (tertiary/aromatic N) is 3. The van der Waals surface area contributed by atoms with Gasteiger partial charge in [-0.3, -0.25) is 4.68 Å². The lowest BCUT2D eigenvalue weighted by Gasteiger charge is -2.07. The van der Waals surface area contributed by atoms with Crippen LogP contribution in [0.15, 0.2) is 15.5 Å². The number of hydrogen-bond donors (Lipinski definition) is 1. The molecule has 134 valence electrons. The third kappa shape index (κ3) is 3.96. The van der Waals surface area contributed by atoms with Gasteiger partial charge in [-0.2, -0.15) is 18.3 Å². The lowest BCUT2D eigenvalue weighted by atomic mass is 10.3. The molecular formula is C13H17F3N4O3S. The summed E-state index contributed by atoms with van der Waals surface area (Å²) < 4.78 is 70.5. The predicted octanol–water partition coefficient (Wildman–Crippen LogP) is 2.18. The van der Waals surface area contributed by atoms with Crippen LogP contribution in [0, 0.1) is 20.8 Å². The molecule has 0 aliphatic rings. The zero-order chi connectivity index (χ0) is 18.1. The van der Waals surface area contributed by atoms with Crippen molar-refractivity contribution < 1.29 is 26.1 Å². The van der Waals surface area contributed by atoms with E-state index in [2.05, 4.69) is 15.0 Å². The Morgan fingerprint density at radius 2 is 1.96 bits per heavy atom. The summed E-state index contributed by atoms with van der Waals surface area (Å²) in [6.07, 6.45) is -4.22. The van der Waals surface area contributed by atoms with Crippen molar-refractivity contribution in [2.24, 2.45) is 0 Å². The van der Waals surface area contributed by atoms with E-state index in [1.54, 1.807) is 0 Å². The average Bonchev–Trinajstić information content (AvgIpc) is 2.98. The third-order valence-corrected chi connectivity index (χ3v) is 5.05. The second-order valence-corrected chi connectivity index (χ2v) is 7.00. The van der Waals surface area contributed by atoms with Gasteiger partial charge < -0.3 is 4.52 Å². The van der Waals surface area contributed by atoms with Gasteiger partial charge in [-0.1, -0.05) is 5.16 Å². The smallest absolute Gasteiger partial charge is 0.360 e. The first-order valence-corrected chi connectivity index (χ1v) is 8.55. The van der Waals surface area contributed by atoms with Gasteiger partial charge in [-0.15, -0.1) is 0 Å². The fourth-order valence-corrected chi connectivity index (χ4v) is 3.64. The highest BCUT2D eigenvalue weighted by atomic mass is 32.2. The number of alkyl halides is 3. The fourth-order valence-electron chi connectivity index (χ4n) is 2.24. The van der Waals surface area contributed by atoms with Crippen LogP contribution in [0.3, 0.4) is 0 Å². The summed E-state index contributed by atoms with van der Waals surface area (Å²) in [7, 11) is -3.78. The Balaban J connectivity index is 1.95. The molecule has 0 aliphatic heterocycles. The van der Waals surface area contributed by atoms with E-state index in [9.17, 15) is 21.6 Å². The molecule has 7 nitrogen and oxygen atoms in total. The Labute approximate surface area is 136 Å². The van der Waals surface area contributed by atoms with Crippen LogP contribution in [0.25, 0.3) is 0 Å². The summed E-state index contributed by atoms with van der Waals surface area (Å²) in [6, 6.07) is 0.952. The van der Waals surface area contributed by atoms with Crippen molar-refractivity contribution in [3.05, 3.63) is 28.9 Å². The summed E-state index contributed by atoms with van der Waals surface area (Å²) >= 11 is 0. The molecule has 0 bridgehead atoms. The molecule has 0 spiro atoms. The van der Waals surface area contributed by atoms with Crippen LogP contribution in [0.5, 0.6) is 0 Å². The van der Waals surface area contributed by atoms with E-state index >= 15 is 0 Å². The second kappa shape index (κ2) is 6.55. The van der Waals surface area contributed by atoms with Gasteiger partial charge >= 0.3 is 6.18 Å². The third-order valence-electron chi connectivity index (χ3n) is 3.35. The SMILES string of the molecule is Cc1noc(C)c1S(=O)(=O)NCCCn1nc(C(F)(F)F)cc1C. The van der Waals surface area contributed by atoms with Crippen LogP contribution in [0.1, 0.15) is 29.3 Å². The number of nitrogens with one attached hydrogen (secondary N) is 1. The maximum absolute atomic E-state index is 12.6. The highest BCUT2D eigenvalue weighted by Gasteiger charge is 2.34. The first-order valence-electron chi connectivity index (χ1n) is 7.06. The van der Waals surface area contributed by atoms with Crippen molar-refractivity contribution in [3.8, 4) is 0 Å². The Morgan fingerprint density at radius 3 is 2.46 bits per heavy atom. The van der Waals surface area contributed by atoms with E-state index in [1.165, 1.54) is 25.5 Å². The Kier molecular flexibility index (Phi) is 5.04. The lowest BCUT2D eigenvalue weighted by Crippen LogP contribution is -2.26. The van der Waals surface area contributed by atoms with Crippen LogP contribution in [0.4, 0.5) is 13.2 Å². The van der Waals surface area contributed by atoms with Gasteiger partial charge in [0.25, 0.3) is 0 Å². The minimum atomic E-state index is -4.50. The molecule has 0 radical (unpaired) electrons. The highest BCUT2D eigenvalue weighted by molar-refractivity contribution is 7.89. The molecule has 2 aromatic rings. The summed E-state index contributed by atoms with van der Waals surface area (Å²) in [6.45, 7) is 4.71. The van der Waals surface area contributed by atoms with Crippen LogP contribution in [-0.4, -0.2) is 29.9 Å². The molecule has 0 atom stereocenters. The molecule has 0 unspecified atom stereocenters. The van der Waals surface area contributed by atoms with Crippen LogP contribution < -0.4 is 4.72 Å². The van der Waals surface area contributed by atoms with Crippen LogP contribution in [-0.2, 0) is 22.7 Å². The number of aryl methyl sites for hydroxylation is 4. The minimum Gasteiger partial charge on any atom is -0.360 e. The van der Waals surface area contributed by atoms with Gasteiger partial charge in [-0.25, -0.2) is 13.1 Å². The Bertz CT molecular complexity index is 805. The quantitative estimate of drug-likeness (QED) is 0.792. The molecule has 2 aromatic heterocycles. The van der Waals surface area contributed by atoms with Gasteiger partial charge in [0, 0.05) is 18.8 Å². The first kappa shape index (κ1) is 18.5. The zero-order valence-corrected chi connectivity index (χ0v) is 14.1. The Morgan fingerprint density at radius 1 is 1.29 bits per heavy atom. The lowest BCUT2D eigenvalue weighted by molar-refractivity contribution is -0.141. The molecule has 0 aromatic carbocycles. The standard InChI is InChI=1S/C13H17F3N4O3S/c1-8-7-11(13(14,15)16)18-20(8)6-4-5-17-24(21,22)12-9(2)19-23-10(12)3/h7,17H,4-6H2,1-3H3. The van der Waals surface area contributed by atoms with Crippen molar-refractivity contribution >= 4 is 10.0 Å². The number of rotatable bonds is 6. The van der Waals surface area contributed by atoms with Crippen LogP contribution in [0.2, 0.25) is 0 Å². The highest BCUT2D eigenvalue weighted by Crippen LogP contribution is 2.28. The van der Waals surface area contributed by atoms with E-state index in [0.29, 0.717) is 5.69 Å². The number of halogens is 3. The van der Waals surface area contributed by atoms with Crippen molar-refractivity contribution in [3.63, 3.8) is 0 Å². The monoisotopic (exact) mass is 366 g/mol. The molecule has 0 aliphatic carbocycles. The fraction of sp³-hybridized carbons (Fsp3) is 0.538. The van der Waals surface area contributed by atoms with E-state index < -0.39 is 21.9 Å². The predicted molar refractivity (Wildman–Crippen MR) is 77.7 cm³/mol. The van der Waals surface area contributed by atoms with E-state index in [4.69, 9.17) is 4.52 Å². The molecule has 1 N–H and O–H groups in total. The Hall–Kier alpha value is -1.88. The molecule has 0 saturated carbocycles. The largest absolute Gasteiger partial charge is 0.435 e.